The van der Waals surface area contributed by atoms with E-state index in [1.807, 2.05) is 0 Å². The van der Waals surface area contributed by atoms with E-state index in [1.165, 1.54) is 23.1 Å². The predicted molar refractivity (Wildman–Crippen MR) is 71.6 cm³/mol. The van der Waals surface area contributed by atoms with Gasteiger partial charge in [-0.05, 0) is 6.07 Å². The summed E-state index contributed by atoms with van der Waals surface area (Å²) in [4.78, 5) is 35.4. The van der Waals surface area contributed by atoms with E-state index in [0.717, 1.165) is 0 Å². The molecule has 1 aromatic carbocycles. The van der Waals surface area contributed by atoms with Crippen LogP contribution in [0, 0.1) is 10.1 Å². The molecule has 2 amide bonds. The van der Waals surface area contributed by atoms with Gasteiger partial charge in [0.1, 0.15) is 5.56 Å². The van der Waals surface area contributed by atoms with E-state index in [1.54, 1.807) is 0 Å². The van der Waals surface area contributed by atoms with Crippen molar-refractivity contribution in [3.8, 4) is 0 Å². The zero-order chi connectivity index (χ0) is 14.7. The summed E-state index contributed by atoms with van der Waals surface area (Å²) in [5.74, 6) is -0.673. The van der Waals surface area contributed by atoms with Crippen LogP contribution >= 0.6 is 11.6 Å². The lowest BCUT2D eigenvalue weighted by Gasteiger charge is -2.19. The third-order valence-electron chi connectivity index (χ3n) is 3.00. The highest BCUT2D eigenvalue weighted by Crippen LogP contribution is 2.27. The number of nitro groups is 1. The number of carbonyl (C=O) groups excluding carboxylic acids is 2. The molecule has 0 spiro atoms. The molecular formula is C12H12ClN3O4. The largest absolute Gasteiger partial charge is 0.354 e. The Hall–Kier alpha value is -2.15. The van der Waals surface area contributed by atoms with Crippen LogP contribution in [0.3, 0.4) is 0 Å². The van der Waals surface area contributed by atoms with Gasteiger partial charge in [-0.2, -0.15) is 0 Å². The van der Waals surface area contributed by atoms with E-state index >= 15 is 0 Å². The average molecular weight is 298 g/mol. The molecule has 0 aliphatic carbocycles. The number of rotatable bonds is 2. The van der Waals surface area contributed by atoms with Crippen LogP contribution in [0.1, 0.15) is 16.8 Å². The Labute approximate surface area is 119 Å². The minimum absolute atomic E-state index is 0.0349. The summed E-state index contributed by atoms with van der Waals surface area (Å²) in [5, 5.41) is 13.7. The molecule has 0 saturated carbocycles. The van der Waals surface area contributed by atoms with E-state index in [0.29, 0.717) is 13.1 Å². The quantitative estimate of drug-likeness (QED) is 0.656. The van der Waals surface area contributed by atoms with Crippen LogP contribution < -0.4 is 5.32 Å². The van der Waals surface area contributed by atoms with Gasteiger partial charge in [-0.25, -0.2) is 0 Å². The van der Waals surface area contributed by atoms with Gasteiger partial charge < -0.3 is 10.2 Å². The fraction of sp³-hybridized carbons (Fsp3) is 0.333. The fourth-order valence-electron chi connectivity index (χ4n) is 2.00. The maximum Gasteiger partial charge on any atom is 0.283 e. The first-order chi connectivity index (χ1) is 9.50. The number of hydrogen-bond acceptors (Lipinski definition) is 4. The van der Waals surface area contributed by atoms with E-state index in [9.17, 15) is 19.7 Å². The van der Waals surface area contributed by atoms with Crippen LogP contribution in [-0.4, -0.2) is 41.3 Å². The second-order valence-electron chi connectivity index (χ2n) is 4.28. The van der Waals surface area contributed by atoms with Crippen molar-refractivity contribution < 1.29 is 14.5 Å². The molecule has 20 heavy (non-hydrogen) atoms. The molecule has 0 bridgehead atoms. The van der Waals surface area contributed by atoms with Gasteiger partial charge in [0.2, 0.25) is 5.91 Å². The van der Waals surface area contributed by atoms with E-state index in [2.05, 4.69) is 5.32 Å². The van der Waals surface area contributed by atoms with Crippen molar-refractivity contribution in [3.05, 3.63) is 38.9 Å². The van der Waals surface area contributed by atoms with Crippen molar-refractivity contribution in [1.82, 2.24) is 10.2 Å². The van der Waals surface area contributed by atoms with Crippen LogP contribution in [0.25, 0.3) is 0 Å². The number of benzene rings is 1. The van der Waals surface area contributed by atoms with Crippen LogP contribution in [0.4, 0.5) is 5.69 Å². The Morgan fingerprint density at radius 3 is 2.85 bits per heavy atom. The molecule has 1 aliphatic rings. The monoisotopic (exact) mass is 297 g/mol. The summed E-state index contributed by atoms with van der Waals surface area (Å²) in [5.41, 5.74) is -0.459. The minimum atomic E-state index is -0.639. The van der Waals surface area contributed by atoms with Gasteiger partial charge in [-0.3, -0.25) is 19.7 Å². The zero-order valence-corrected chi connectivity index (χ0v) is 11.2. The van der Waals surface area contributed by atoms with Crippen molar-refractivity contribution in [2.24, 2.45) is 0 Å². The molecule has 106 valence electrons. The SMILES string of the molecule is O=C1CCN(C(=O)c2c(Cl)cccc2[N+](=O)[O-])CCN1. The molecule has 1 N–H and O–H groups in total. The standard InChI is InChI=1S/C12H12ClN3O4/c13-8-2-1-3-9(16(19)20)11(8)12(18)15-6-4-10(17)14-5-7-15/h1-3H,4-7H2,(H,14,17). The minimum Gasteiger partial charge on any atom is -0.354 e. The first-order valence-electron chi connectivity index (χ1n) is 5.99. The van der Waals surface area contributed by atoms with Crippen LogP contribution in [0.15, 0.2) is 18.2 Å². The Morgan fingerprint density at radius 2 is 2.15 bits per heavy atom. The van der Waals surface area contributed by atoms with Crippen LogP contribution in [0.5, 0.6) is 0 Å². The van der Waals surface area contributed by atoms with Gasteiger partial charge in [0.05, 0.1) is 9.95 Å². The Morgan fingerprint density at radius 1 is 1.40 bits per heavy atom. The third-order valence-corrected chi connectivity index (χ3v) is 3.32. The van der Waals surface area contributed by atoms with Crippen molar-refractivity contribution in [2.45, 2.75) is 6.42 Å². The van der Waals surface area contributed by atoms with Gasteiger partial charge >= 0.3 is 0 Å². The Kier molecular flexibility index (Phi) is 4.19. The van der Waals surface area contributed by atoms with Crippen molar-refractivity contribution in [3.63, 3.8) is 0 Å². The molecule has 0 radical (unpaired) electrons. The molecule has 8 heteroatoms. The lowest BCUT2D eigenvalue weighted by molar-refractivity contribution is -0.385. The maximum absolute atomic E-state index is 12.4. The molecule has 0 atom stereocenters. The normalized spacial score (nSPS) is 15.4. The summed E-state index contributed by atoms with van der Waals surface area (Å²) in [6, 6.07) is 4.09. The lowest BCUT2D eigenvalue weighted by Crippen LogP contribution is -2.34. The second-order valence-corrected chi connectivity index (χ2v) is 4.69. The van der Waals surface area contributed by atoms with E-state index in [4.69, 9.17) is 11.6 Å². The predicted octanol–water partition coefficient (Wildman–Crippen LogP) is 1.21. The second kappa shape index (κ2) is 5.87. The summed E-state index contributed by atoms with van der Waals surface area (Å²) >= 11 is 5.92. The lowest BCUT2D eigenvalue weighted by atomic mass is 10.1. The Bertz CT molecular complexity index is 576. The molecule has 1 heterocycles. The van der Waals surface area contributed by atoms with E-state index in [-0.39, 0.29) is 35.1 Å². The molecule has 1 aliphatic heterocycles. The van der Waals surface area contributed by atoms with Gasteiger partial charge in [0.15, 0.2) is 0 Å². The van der Waals surface area contributed by atoms with Crippen molar-refractivity contribution in [2.75, 3.05) is 19.6 Å². The number of nitro benzene ring substituents is 1. The highest BCUT2D eigenvalue weighted by atomic mass is 35.5. The topological polar surface area (TPSA) is 92.5 Å². The highest BCUT2D eigenvalue weighted by molar-refractivity contribution is 6.34. The first kappa shape index (κ1) is 14.3. The molecular weight excluding hydrogens is 286 g/mol. The van der Waals surface area contributed by atoms with Gasteiger partial charge in [-0.15, -0.1) is 0 Å². The van der Waals surface area contributed by atoms with E-state index < -0.39 is 10.8 Å². The first-order valence-corrected chi connectivity index (χ1v) is 6.37. The van der Waals surface area contributed by atoms with Gasteiger partial charge in [0, 0.05) is 32.1 Å². The molecule has 1 saturated heterocycles. The third kappa shape index (κ3) is 2.88. The highest BCUT2D eigenvalue weighted by Gasteiger charge is 2.28. The van der Waals surface area contributed by atoms with Crippen molar-refractivity contribution >= 4 is 29.1 Å². The molecule has 0 aromatic heterocycles. The molecule has 1 fully saturated rings. The van der Waals surface area contributed by atoms with Gasteiger partial charge in [-0.1, -0.05) is 17.7 Å². The Balaban J connectivity index is 2.33. The molecule has 1 aromatic rings. The van der Waals surface area contributed by atoms with Crippen LogP contribution in [-0.2, 0) is 4.79 Å². The van der Waals surface area contributed by atoms with Crippen LogP contribution in [0.2, 0.25) is 5.02 Å². The number of carbonyl (C=O) groups is 2. The number of amides is 2. The fourth-order valence-corrected chi connectivity index (χ4v) is 2.26. The number of halogens is 1. The molecule has 2 rings (SSSR count). The summed E-state index contributed by atoms with van der Waals surface area (Å²) in [7, 11) is 0. The number of hydrogen-bond donors (Lipinski definition) is 1. The molecule has 7 nitrogen and oxygen atoms in total. The summed E-state index contributed by atoms with van der Waals surface area (Å²) in [6.07, 6.45) is 0.171. The average Bonchev–Trinajstić information content (AvgIpc) is 2.62. The molecule has 0 unspecified atom stereocenters. The smallest absolute Gasteiger partial charge is 0.283 e. The number of nitrogens with zero attached hydrogens (tertiary/aromatic N) is 2. The summed E-state index contributed by atoms with van der Waals surface area (Å²) < 4.78 is 0. The zero-order valence-electron chi connectivity index (χ0n) is 10.5. The van der Waals surface area contributed by atoms with Crippen molar-refractivity contribution in [1.29, 1.82) is 0 Å². The maximum atomic E-state index is 12.4. The summed E-state index contributed by atoms with van der Waals surface area (Å²) in [6.45, 7) is 0.836. The number of nitrogens with one attached hydrogen (secondary N) is 1. The van der Waals surface area contributed by atoms with Gasteiger partial charge in [0.25, 0.3) is 11.6 Å².